The van der Waals surface area contributed by atoms with E-state index in [9.17, 15) is 13.6 Å². The van der Waals surface area contributed by atoms with Crippen LogP contribution in [0.1, 0.15) is 11.6 Å². The zero-order valence-electron chi connectivity index (χ0n) is 10.6. The Morgan fingerprint density at radius 1 is 1.42 bits per heavy atom. The fourth-order valence-electron chi connectivity index (χ4n) is 1.85. The van der Waals surface area contributed by atoms with Gasteiger partial charge in [0.05, 0.1) is 12.6 Å². The average Bonchev–Trinajstić information content (AvgIpc) is 2.71. The zero-order valence-corrected chi connectivity index (χ0v) is 10.6. The third-order valence-electron chi connectivity index (χ3n) is 2.95. The molecule has 0 spiro atoms. The molecule has 1 N–H and O–H groups in total. The van der Waals surface area contributed by atoms with Crippen molar-refractivity contribution in [1.29, 1.82) is 0 Å². The van der Waals surface area contributed by atoms with Gasteiger partial charge < -0.3 is 5.32 Å². The SMILES string of the molecule is CNC(Cn1ncn(C)c1=O)c1cccc(F)c1F. The van der Waals surface area contributed by atoms with E-state index in [-0.39, 0.29) is 17.8 Å². The predicted molar refractivity (Wildman–Crippen MR) is 65.6 cm³/mol. The van der Waals surface area contributed by atoms with E-state index in [0.717, 1.165) is 6.07 Å². The highest BCUT2D eigenvalue weighted by atomic mass is 19.2. The van der Waals surface area contributed by atoms with Crippen LogP contribution in [-0.2, 0) is 13.6 Å². The highest BCUT2D eigenvalue weighted by Gasteiger charge is 2.18. The minimum atomic E-state index is -0.911. The molecule has 102 valence electrons. The predicted octanol–water partition coefficient (Wildman–Crippen LogP) is 0.821. The first kappa shape index (κ1) is 13.4. The van der Waals surface area contributed by atoms with Crippen molar-refractivity contribution in [1.82, 2.24) is 19.7 Å². The van der Waals surface area contributed by atoms with Crippen molar-refractivity contribution in [3.05, 3.63) is 52.2 Å². The van der Waals surface area contributed by atoms with E-state index in [1.54, 1.807) is 14.1 Å². The molecule has 0 amide bonds. The summed E-state index contributed by atoms with van der Waals surface area (Å²) < 4.78 is 29.4. The Balaban J connectivity index is 2.33. The molecule has 0 aliphatic rings. The van der Waals surface area contributed by atoms with Crippen molar-refractivity contribution in [2.45, 2.75) is 12.6 Å². The number of nitrogens with zero attached hydrogens (tertiary/aromatic N) is 3. The average molecular weight is 268 g/mol. The van der Waals surface area contributed by atoms with Gasteiger partial charge in [0.2, 0.25) is 0 Å². The maximum Gasteiger partial charge on any atom is 0.345 e. The van der Waals surface area contributed by atoms with E-state index in [2.05, 4.69) is 10.4 Å². The van der Waals surface area contributed by atoms with Crippen molar-refractivity contribution >= 4 is 0 Å². The molecule has 5 nitrogen and oxygen atoms in total. The van der Waals surface area contributed by atoms with Gasteiger partial charge in [0.15, 0.2) is 11.6 Å². The lowest BCUT2D eigenvalue weighted by Crippen LogP contribution is -2.30. The summed E-state index contributed by atoms with van der Waals surface area (Å²) >= 11 is 0. The van der Waals surface area contributed by atoms with Crippen LogP contribution in [0.3, 0.4) is 0 Å². The maximum atomic E-state index is 13.7. The summed E-state index contributed by atoms with van der Waals surface area (Å²) in [5.41, 5.74) is -0.142. The number of likely N-dealkylation sites (N-methyl/N-ethyl adjacent to an activating group) is 1. The van der Waals surface area contributed by atoms with E-state index in [1.165, 1.54) is 27.7 Å². The monoisotopic (exact) mass is 268 g/mol. The molecule has 1 atom stereocenters. The summed E-state index contributed by atoms with van der Waals surface area (Å²) in [6.07, 6.45) is 1.37. The molecule has 0 saturated carbocycles. The number of nitrogens with one attached hydrogen (secondary N) is 1. The molecule has 0 aliphatic carbocycles. The van der Waals surface area contributed by atoms with Crippen molar-refractivity contribution in [3.8, 4) is 0 Å². The molecule has 0 aliphatic heterocycles. The van der Waals surface area contributed by atoms with Crippen LogP contribution in [0.15, 0.2) is 29.3 Å². The molecule has 1 aromatic heterocycles. The fourth-order valence-corrected chi connectivity index (χ4v) is 1.85. The van der Waals surface area contributed by atoms with Crippen molar-refractivity contribution in [2.75, 3.05) is 7.05 Å². The summed E-state index contributed by atoms with van der Waals surface area (Å²) in [6, 6.07) is 3.43. The number of benzene rings is 1. The van der Waals surface area contributed by atoms with Crippen LogP contribution in [0, 0.1) is 11.6 Å². The summed E-state index contributed by atoms with van der Waals surface area (Å²) in [4.78, 5) is 11.7. The Bertz CT molecular complexity index is 635. The van der Waals surface area contributed by atoms with Gasteiger partial charge in [-0.25, -0.2) is 18.3 Å². The smallest absolute Gasteiger partial charge is 0.311 e. The summed E-state index contributed by atoms with van der Waals surface area (Å²) in [6.45, 7) is 0.122. The Morgan fingerprint density at radius 3 is 2.74 bits per heavy atom. The lowest BCUT2D eigenvalue weighted by molar-refractivity contribution is 0.423. The van der Waals surface area contributed by atoms with Crippen molar-refractivity contribution in [2.24, 2.45) is 7.05 Å². The van der Waals surface area contributed by atoms with Crippen LogP contribution in [0.2, 0.25) is 0 Å². The number of aryl methyl sites for hydroxylation is 1. The highest BCUT2D eigenvalue weighted by molar-refractivity contribution is 5.22. The molecule has 1 aromatic carbocycles. The molecule has 2 aromatic rings. The van der Waals surface area contributed by atoms with Gasteiger partial charge in [0, 0.05) is 12.6 Å². The molecule has 19 heavy (non-hydrogen) atoms. The first-order valence-corrected chi connectivity index (χ1v) is 5.74. The number of rotatable bonds is 4. The Kier molecular flexibility index (Phi) is 3.75. The van der Waals surface area contributed by atoms with Gasteiger partial charge in [0.25, 0.3) is 0 Å². The minimum Gasteiger partial charge on any atom is -0.311 e. The van der Waals surface area contributed by atoms with E-state index in [4.69, 9.17) is 0 Å². The van der Waals surface area contributed by atoms with E-state index in [0.29, 0.717) is 0 Å². The van der Waals surface area contributed by atoms with Crippen molar-refractivity contribution in [3.63, 3.8) is 0 Å². The first-order chi connectivity index (χ1) is 9.04. The standard InChI is InChI=1S/C12H14F2N4O/c1-15-10(6-18-12(19)17(2)7-16-18)8-4-3-5-9(13)11(8)14/h3-5,7,10,15H,6H2,1-2H3. The molecule has 0 radical (unpaired) electrons. The zero-order chi connectivity index (χ0) is 14.0. The third kappa shape index (κ3) is 2.55. The van der Waals surface area contributed by atoms with Crippen LogP contribution >= 0.6 is 0 Å². The van der Waals surface area contributed by atoms with Gasteiger partial charge in [-0.05, 0) is 13.1 Å². The molecule has 2 rings (SSSR count). The Labute approximate surface area is 108 Å². The lowest BCUT2D eigenvalue weighted by Gasteiger charge is -2.16. The largest absolute Gasteiger partial charge is 0.345 e. The van der Waals surface area contributed by atoms with Gasteiger partial charge in [-0.1, -0.05) is 12.1 Å². The van der Waals surface area contributed by atoms with Gasteiger partial charge in [-0.15, -0.1) is 0 Å². The van der Waals surface area contributed by atoms with Gasteiger partial charge in [0.1, 0.15) is 6.33 Å². The summed E-state index contributed by atoms with van der Waals surface area (Å²) in [7, 11) is 3.19. The van der Waals surface area contributed by atoms with Gasteiger partial charge >= 0.3 is 5.69 Å². The second-order valence-electron chi connectivity index (χ2n) is 4.19. The minimum absolute atomic E-state index is 0.122. The van der Waals surface area contributed by atoms with Crippen LogP contribution in [0.25, 0.3) is 0 Å². The van der Waals surface area contributed by atoms with Crippen LogP contribution in [-0.4, -0.2) is 21.4 Å². The molecule has 1 heterocycles. The summed E-state index contributed by atoms with van der Waals surface area (Å²) in [5, 5.41) is 6.75. The number of aromatic nitrogens is 3. The topological polar surface area (TPSA) is 51.9 Å². The third-order valence-corrected chi connectivity index (χ3v) is 2.95. The van der Waals surface area contributed by atoms with E-state index < -0.39 is 17.7 Å². The molecule has 0 fully saturated rings. The normalized spacial score (nSPS) is 12.6. The van der Waals surface area contributed by atoms with Crippen molar-refractivity contribution < 1.29 is 8.78 Å². The molecule has 0 bridgehead atoms. The first-order valence-electron chi connectivity index (χ1n) is 5.74. The maximum absolute atomic E-state index is 13.7. The van der Waals surface area contributed by atoms with Crippen LogP contribution in [0.5, 0.6) is 0 Å². The molecular weight excluding hydrogens is 254 g/mol. The second-order valence-corrected chi connectivity index (χ2v) is 4.19. The Hall–Kier alpha value is -2.02. The Morgan fingerprint density at radius 2 is 2.16 bits per heavy atom. The summed E-state index contributed by atoms with van der Waals surface area (Å²) in [5.74, 6) is -1.82. The van der Waals surface area contributed by atoms with E-state index in [1.807, 2.05) is 0 Å². The number of hydrogen-bond donors (Lipinski definition) is 1. The number of hydrogen-bond acceptors (Lipinski definition) is 3. The lowest BCUT2D eigenvalue weighted by atomic mass is 10.1. The molecule has 7 heteroatoms. The quantitative estimate of drug-likeness (QED) is 0.893. The fraction of sp³-hybridized carbons (Fsp3) is 0.333. The van der Waals surface area contributed by atoms with Crippen LogP contribution in [0.4, 0.5) is 8.78 Å². The number of halogens is 2. The van der Waals surface area contributed by atoms with E-state index >= 15 is 0 Å². The molecule has 0 saturated heterocycles. The molecular formula is C12H14F2N4O. The van der Waals surface area contributed by atoms with Crippen LogP contribution < -0.4 is 11.0 Å². The second kappa shape index (κ2) is 5.31. The molecule has 1 unspecified atom stereocenters. The van der Waals surface area contributed by atoms with Gasteiger partial charge in [-0.2, -0.15) is 5.10 Å². The van der Waals surface area contributed by atoms with Gasteiger partial charge in [-0.3, -0.25) is 4.57 Å². The highest BCUT2D eigenvalue weighted by Crippen LogP contribution is 2.19.